The van der Waals surface area contributed by atoms with Gasteiger partial charge in [0, 0.05) is 26.6 Å². The summed E-state index contributed by atoms with van der Waals surface area (Å²) in [7, 11) is 1.64. The molecule has 2 atom stereocenters. The highest BCUT2D eigenvalue weighted by Crippen LogP contribution is 2.31. The Hall–Kier alpha value is -0.610. The molecular weight excluding hydrogens is 204 g/mol. The van der Waals surface area contributed by atoms with E-state index in [4.69, 9.17) is 0 Å². The zero-order valence-electron chi connectivity index (χ0n) is 10.4. The molecular formula is C12H24N2O2. The Labute approximate surface area is 97.8 Å². The number of carbonyl (C=O) groups excluding carboxylic acids is 1. The van der Waals surface area contributed by atoms with Gasteiger partial charge in [0.15, 0.2) is 0 Å². The van der Waals surface area contributed by atoms with Crippen LogP contribution in [0.1, 0.15) is 39.0 Å². The van der Waals surface area contributed by atoms with E-state index in [9.17, 15) is 9.90 Å². The molecule has 1 aliphatic carbocycles. The molecule has 0 radical (unpaired) electrons. The first-order chi connectivity index (χ1) is 7.56. The zero-order chi connectivity index (χ0) is 12.0. The molecule has 0 heterocycles. The smallest absolute Gasteiger partial charge is 0.221 e. The van der Waals surface area contributed by atoms with E-state index in [1.807, 2.05) is 0 Å². The van der Waals surface area contributed by atoms with Crippen molar-refractivity contribution in [2.75, 3.05) is 20.1 Å². The van der Waals surface area contributed by atoms with E-state index in [1.54, 1.807) is 7.05 Å². The van der Waals surface area contributed by atoms with Crippen LogP contribution in [0, 0.1) is 5.92 Å². The van der Waals surface area contributed by atoms with Crippen molar-refractivity contribution >= 4 is 5.91 Å². The molecule has 2 unspecified atom stereocenters. The van der Waals surface area contributed by atoms with Gasteiger partial charge in [0.1, 0.15) is 0 Å². The van der Waals surface area contributed by atoms with Gasteiger partial charge in [0.25, 0.3) is 0 Å². The minimum atomic E-state index is -0.555. The lowest BCUT2D eigenvalue weighted by Gasteiger charge is -2.35. The van der Waals surface area contributed by atoms with Crippen LogP contribution in [0.2, 0.25) is 0 Å². The molecule has 0 aliphatic heterocycles. The van der Waals surface area contributed by atoms with Crippen molar-refractivity contribution < 1.29 is 9.90 Å². The van der Waals surface area contributed by atoms with Crippen molar-refractivity contribution in [1.82, 2.24) is 10.6 Å². The maximum atomic E-state index is 11.0. The third kappa shape index (κ3) is 4.49. The van der Waals surface area contributed by atoms with Gasteiger partial charge in [-0.15, -0.1) is 0 Å². The first-order valence-electron chi connectivity index (χ1n) is 6.19. The molecule has 4 heteroatoms. The second-order valence-corrected chi connectivity index (χ2v) is 5.03. The standard InChI is InChI=1S/C12H24N2O2/c1-10-4-3-6-12(16,8-10)9-14-7-5-11(15)13-2/h10,14,16H,3-9H2,1-2H3,(H,13,15). The Morgan fingerprint density at radius 3 is 2.94 bits per heavy atom. The monoisotopic (exact) mass is 228 g/mol. The summed E-state index contributed by atoms with van der Waals surface area (Å²) >= 11 is 0. The van der Waals surface area contributed by atoms with Crippen LogP contribution in [0.4, 0.5) is 0 Å². The highest BCUT2D eigenvalue weighted by atomic mass is 16.3. The molecule has 1 saturated carbocycles. The van der Waals surface area contributed by atoms with E-state index in [1.165, 1.54) is 6.42 Å². The maximum Gasteiger partial charge on any atom is 0.221 e. The molecule has 0 aromatic carbocycles. The lowest BCUT2D eigenvalue weighted by Crippen LogP contribution is -2.44. The van der Waals surface area contributed by atoms with E-state index in [-0.39, 0.29) is 5.91 Å². The molecule has 0 saturated heterocycles. The van der Waals surface area contributed by atoms with Gasteiger partial charge in [-0.2, -0.15) is 0 Å². The van der Waals surface area contributed by atoms with Crippen LogP contribution in [-0.4, -0.2) is 36.8 Å². The van der Waals surface area contributed by atoms with Crippen LogP contribution in [0.3, 0.4) is 0 Å². The minimum absolute atomic E-state index is 0.0384. The lowest BCUT2D eigenvalue weighted by atomic mass is 9.79. The number of aliphatic hydroxyl groups is 1. The van der Waals surface area contributed by atoms with Crippen LogP contribution < -0.4 is 10.6 Å². The van der Waals surface area contributed by atoms with Gasteiger partial charge in [-0.05, 0) is 18.8 Å². The van der Waals surface area contributed by atoms with Crippen LogP contribution in [0.25, 0.3) is 0 Å². The second kappa shape index (κ2) is 6.21. The fourth-order valence-corrected chi connectivity index (χ4v) is 2.44. The molecule has 16 heavy (non-hydrogen) atoms. The van der Waals surface area contributed by atoms with E-state index in [0.717, 1.165) is 19.3 Å². The number of nitrogens with one attached hydrogen (secondary N) is 2. The molecule has 3 N–H and O–H groups in total. The molecule has 0 aromatic rings. The van der Waals surface area contributed by atoms with Crippen molar-refractivity contribution in [2.45, 2.75) is 44.6 Å². The molecule has 0 bridgehead atoms. The average molecular weight is 228 g/mol. The molecule has 4 nitrogen and oxygen atoms in total. The number of amides is 1. The number of rotatable bonds is 5. The van der Waals surface area contributed by atoms with Crippen molar-refractivity contribution in [3.63, 3.8) is 0 Å². The molecule has 0 spiro atoms. The minimum Gasteiger partial charge on any atom is -0.389 e. The highest BCUT2D eigenvalue weighted by molar-refractivity contribution is 5.75. The van der Waals surface area contributed by atoms with E-state index in [0.29, 0.717) is 25.4 Å². The summed E-state index contributed by atoms with van der Waals surface area (Å²) in [4.78, 5) is 11.0. The topological polar surface area (TPSA) is 61.4 Å². The SMILES string of the molecule is CNC(=O)CCNCC1(O)CCCC(C)C1. The average Bonchev–Trinajstić information content (AvgIpc) is 2.23. The molecule has 94 valence electrons. The van der Waals surface area contributed by atoms with Gasteiger partial charge in [-0.3, -0.25) is 4.79 Å². The molecule has 1 amide bonds. The molecule has 1 rings (SSSR count). The Bertz CT molecular complexity index is 233. The van der Waals surface area contributed by atoms with Crippen LogP contribution >= 0.6 is 0 Å². The van der Waals surface area contributed by atoms with E-state index in [2.05, 4.69) is 17.6 Å². The van der Waals surface area contributed by atoms with Gasteiger partial charge in [0.05, 0.1) is 5.60 Å². The Balaban J connectivity index is 2.18. The van der Waals surface area contributed by atoms with Crippen LogP contribution in [0.5, 0.6) is 0 Å². The predicted octanol–water partition coefficient (Wildman–Crippen LogP) is 0.653. The number of hydrogen-bond acceptors (Lipinski definition) is 3. The lowest BCUT2D eigenvalue weighted by molar-refractivity contribution is -0.120. The van der Waals surface area contributed by atoms with Gasteiger partial charge < -0.3 is 15.7 Å². The third-order valence-electron chi connectivity index (χ3n) is 3.33. The van der Waals surface area contributed by atoms with Crippen molar-refractivity contribution in [1.29, 1.82) is 0 Å². The summed E-state index contributed by atoms with van der Waals surface area (Å²) in [6.45, 7) is 3.43. The van der Waals surface area contributed by atoms with Gasteiger partial charge in [-0.1, -0.05) is 19.8 Å². The summed E-state index contributed by atoms with van der Waals surface area (Å²) in [5.74, 6) is 0.649. The van der Waals surface area contributed by atoms with Gasteiger partial charge >= 0.3 is 0 Å². The molecule has 1 fully saturated rings. The maximum absolute atomic E-state index is 11.0. The van der Waals surface area contributed by atoms with Gasteiger partial charge in [-0.25, -0.2) is 0 Å². The quantitative estimate of drug-likeness (QED) is 0.606. The zero-order valence-corrected chi connectivity index (χ0v) is 10.4. The first kappa shape index (κ1) is 13.5. The van der Waals surface area contributed by atoms with Crippen LogP contribution in [-0.2, 0) is 4.79 Å². The van der Waals surface area contributed by atoms with Crippen molar-refractivity contribution in [3.05, 3.63) is 0 Å². The summed E-state index contributed by atoms with van der Waals surface area (Å²) in [6.07, 6.45) is 4.56. The Morgan fingerprint density at radius 2 is 2.31 bits per heavy atom. The van der Waals surface area contributed by atoms with Crippen LogP contribution in [0.15, 0.2) is 0 Å². The molecule has 1 aliphatic rings. The van der Waals surface area contributed by atoms with Crippen molar-refractivity contribution in [2.24, 2.45) is 5.92 Å². The number of hydrogen-bond donors (Lipinski definition) is 3. The number of carbonyl (C=O) groups is 1. The fraction of sp³-hybridized carbons (Fsp3) is 0.917. The summed E-state index contributed by atoms with van der Waals surface area (Å²) in [5, 5.41) is 16.1. The Morgan fingerprint density at radius 1 is 1.56 bits per heavy atom. The normalized spacial score (nSPS) is 30.1. The summed E-state index contributed by atoms with van der Waals surface area (Å²) in [5.41, 5.74) is -0.555. The largest absolute Gasteiger partial charge is 0.389 e. The fourth-order valence-electron chi connectivity index (χ4n) is 2.44. The Kier molecular flexibility index (Phi) is 5.22. The third-order valence-corrected chi connectivity index (χ3v) is 3.33. The second-order valence-electron chi connectivity index (χ2n) is 5.03. The van der Waals surface area contributed by atoms with Crippen molar-refractivity contribution in [3.8, 4) is 0 Å². The highest BCUT2D eigenvalue weighted by Gasteiger charge is 2.31. The van der Waals surface area contributed by atoms with E-state index < -0.39 is 5.60 Å². The first-order valence-corrected chi connectivity index (χ1v) is 6.19. The molecule has 0 aromatic heterocycles. The van der Waals surface area contributed by atoms with Gasteiger partial charge in [0.2, 0.25) is 5.91 Å². The summed E-state index contributed by atoms with van der Waals surface area (Å²) in [6, 6.07) is 0. The summed E-state index contributed by atoms with van der Waals surface area (Å²) < 4.78 is 0. The van der Waals surface area contributed by atoms with E-state index >= 15 is 0 Å². The predicted molar refractivity (Wildman–Crippen MR) is 64.1 cm³/mol.